The van der Waals surface area contributed by atoms with Crippen LogP contribution in [0, 0.1) is 17.1 Å². The van der Waals surface area contributed by atoms with Gasteiger partial charge in [-0.15, -0.1) is 11.3 Å². The molecule has 1 aromatic carbocycles. The minimum Gasteiger partial charge on any atom is -0.367 e. The molecule has 1 aliphatic rings. The molecule has 0 amide bonds. The molecule has 0 aliphatic carbocycles. The average molecular weight is 416 g/mol. The van der Waals surface area contributed by atoms with Crippen LogP contribution in [0.25, 0.3) is 10.2 Å². The fourth-order valence-electron chi connectivity index (χ4n) is 2.11. The van der Waals surface area contributed by atoms with E-state index in [1.54, 1.807) is 0 Å². The molecular formula is C19H17ClFN5S. The zero-order valence-corrected chi connectivity index (χ0v) is 14.7. The maximum atomic E-state index is 14.1. The topological polar surface area (TPSA) is 64.8 Å². The molecule has 1 unspecified atom stereocenters. The van der Waals surface area contributed by atoms with Crippen molar-refractivity contribution in [2.24, 2.45) is 0 Å². The van der Waals surface area contributed by atoms with E-state index in [1.165, 1.54) is 6.07 Å². The third-order valence-electron chi connectivity index (χ3n) is 3.27. The number of nitrogens with zero attached hydrogens (tertiary/aromatic N) is 4. The summed E-state index contributed by atoms with van der Waals surface area (Å²) < 4.78 is 133. The van der Waals surface area contributed by atoms with Crippen LogP contribution in [0.4, 0.5) is 10.2 Å². The largest absolute Gasteiger partial charge is 0.367 e. The van der Waals surface area contributed by atoms with Crippen molar-refractivity contribution in [1.29, 1.82) is 5.26 Å². The monoisotopic (exact) mass is 415 g/mol. The van der Waals surface area contributed by atoms with Crippen molar-refractivity contribution in [3.05, 3.63) is 51.8 Å². The number of piperidine rings is 1. The number of thiophene rings is 1. The van der Waals surface area contributed by atoms with Gasteiger partial charge in [-0.3, -0.25) is 4.90 Å². The van der Waals surface area contributed by atoms with Crippen molar-refractivity contribution in [2.75, 3.05) is 18.3 Å². The number of halogens is 2. The predicted molar refractivity (Wildman–Crippen MR) is 105 cm³/mol. The van der Waals surface area contributed by atoms with Crippen LogP contribution in [0.1, 0.15) is 41.7 Å². The summed E-state index contributed by atoms with van der Waals surface area (Å²) in [6.07, 6.45) is -8.60. The minimum absolute atomic E-state index is 0.151. The second kappa shape index (κ2) is 7.77. The third-order valence-corrected chi connectivity index (χ3v) is 4.37. The zero-order chi connectivity index (χ0) is 31.2. The lowest BCUT2D eigenvalue weighted by atomic mass is 10.0. The van der Waals surface area contributed by atoms with E-state index in [1.807, 2.05) is 0 Å². The van der Waals surface area contributed by atoms with Gasteiger partial charge >= 0.3 is 0 Å². The Balaban J connectivity index is 1.98. The molecule has 1 N–H and O–H groups in total. The average Bonchev–Trinajstić information content (AvgIpc) is 3.15. The summed E-state index contributed by atoms with van der Waals surface area (Å²) in [7, 11) is 0. The summed E-state index contributed by atoms with van der Waals surface area (Å²) in [5.41, 5.74) is -1.30. The maximum absolute atomic E-state index is 14.1. The molecule has 0 bridgehead atoms. The SMILES string of the molecule is [2H]c1nc(N([2H])C2([2H])C([2H])([2H])C([2H])([2H])N(C([2H])c3cc([2H])c(F)c(C#N)c3)C([2H])([2H])C2([2H])[2H])c2c([2H])c(Cl)sc2n1. The second-order valence-electron chi connectivity index (χ2n) is 5.03. The number of rotatable bonds is 4. The standard InChI is InChI=1S/C19H17ClFN5S/c20-17-8-15-18(23-11-24-19(15)27-17)25-14-3-5-26(6-4-14)10-12-1-2-16(21)13(7-12)9-22/h1-2,7-8,11,14H,3-6,10H2,(H,23,24,25)/i2D,3D2,4D2,5D2,6D2,8D,10D,11D,14D/hD. The molecule has 3 heterocycles. The highest BCUT2D eigenvalue weighted by Crippen LogP contribution is 2.32. The van der Waals surface area contributed by atoms with E-state index >= 15 is 0 Å². The van der Waals surface area contributed by atoms with Gasteiger partial charge in [-0.25, -0.2) is 14.4 Å². The zero-order valence-electron chi connectivity index (χ0n) is 27.1. The van der Waals surface area contributed by atoms with Gasteiger partial charge in [0.25, 0.3) is 0 Å². The fraction of sp³-hybridized carbons (Fsp3) is 0.316. The van der Waals surface area contributed by atoms with Crippen LogP contribution in [-0.2, 0) is 6.52 Å². The van der Waals surface area contributed by atoms with E-state index < -0.39 is 79.4 Å². The molecule has 0 saturated carbocycles. The Labute approximate surface area is 185 Å². The van der Waals surface area contributed by atoms with E-state index in [-0.39, 0.29) is 24.8 Å². The van der Waals surface area contributed by atoms with Gasteiger partial charge in [0.05, 0.1) is 19.4 Å². The lowest BCUT2D eigenvalue weighted by molar-refractivity contribution is 0.211. The van der Waals surface area contributed by atoms with Crippen molar-refractivity contribution >= 4 is 39.0 Å². The summed E-state index contributed by atoms with van der Waals surface area (Å²) >= 11 is 6.66. The number of nitriles is 1. The van der Waals surface area contributed by atoms with E-state index in [2.05, 4.69) is 9.97 Å². The highest BCUT2D eigenvalue weighted by atomic mass is 35.5. The van der Waals surface area contributed by atoms with Gasteiger partial charge < -0.3 is 5.31 Å². The molecular weight excluding hydrogens is 385 g/mol. The molecule has 1 aliphatic heterocycles. The Bertz CT molecular complexity index is 1580. The molecule has 4 rings (SSSR count). The summed E-state index contributed by atoms with van der Waals surface area (Å²) in [5, 5.41) is 8.53. The quantitative estimate of drug-likeness (QED) is 0.682. The molecule has 138 valence electrons. The van der Waals surface area contributed by atoms with Crippen molar-refractivity contribution < 1.29 is 23.6 Å². The van der Waals surface area contributed by atoms with Crippen LogP contribution in [0.3, 0.4) is 0 Å². The normalized spacial score (nSPS) is 33.1. The molecule has 27 heavy (non-hydrogen) atoms. The number of hydrogen-bond donors (Lipinski definition) is 1. The van der Waals surface area contributed by atoms with Crippen LogP contribution in [0.15, 0.2) is 30.5 Å². The van der Waals surface area contributed by atoms with Crippen molar-refractivity contribution in [3.8, 4) is 6.07 Å². The van der Waals surface area contributed by atoms with Gasteiger partial charge in [0, 0.05) is 37.9 Å². The number of aromatic nitrogens is 2. The Morgan fingerprint density at radius 3 is 3.19 bits per heavy atom. The van der Waals surface area contributed by atoms with Crippen LogP contribution >= 0.6 is 22.9 Å². The Morgan fingerprint density at radius 2 is 2.41 bits per heavy atom. The number of benzene rings is 1. The van der Waals surface area contributed by atoms with Crippen LogP contribution < -0.4 is 5.31 Å². The van der Waals surface area contributed by atoms with Crippen molar-refractivity contribution in [2.45, 2.75) is 25.3 Å². The van der Waals surface area contributed by atoms with E-state index in [0.717, 1.165) is 0 Å². The highest BCUT2D eigenvalue weighted by Gasteiger charge is 2.21. The van der Waals surface area contributed by atoms with Gasteiger partial charge in [0.15, 0.2) is 1.41 Å². The summed E-state index contributed by atoms with van der Waals surface area (Å²) in [5.74, 6) is -2.16. The van der Waals surface area contributed by atoms with Crippen molar-refractivity contribution in [1.82, 2.24) is 14.9 Å². The van der Waals surface area contributed by atoms with Gasteiger partial charge in [0.2, 0.25) is 0 Å². The molecule has 1 fully saturated rings. The molecule has 0 radical (unpaired) electrons. The molecule has 1 saturated heterocycles. The van der Waals surface area contributed by atoms with Crippen LogP contribution in [0.5, 0.6) is 0 Å². The molecule has 2 aromatic heterocycles. The van der Waals surface area contributed by atoms with E-state index in [9.17, 15) is 9.65 Å². The number of hydrogen-bond acceptors (Lipinski definition) is 6. The molecule has 0 spiro atoms. The van der Waals surface area contributed by atoms with Crippen molar-refractivity contribution in [3.63, 3.8) is 0 Å². The first-order valence-electron chi connectivity index (χ1n) is 14.3. The minimum atomic E-state index is -3.90. The highest BCUT2D eigenvalue weighted by molar-refractivity contribution is 7.22. The Hall–Kier alpha value is -2.27. The first kappa shape index (κ1) is 8.00. The fourth-order valence-corrected chi connectivity index (χ4v) is 3.08. The Kier molecular flexibility index (Phi) is 2.30. The van der Waals surface area contributed by atoms with Crippen LogP contribution in [-0.4, -0.2) is 33.9 Å². The summed E-state index contributed by atoms with van der Waals surface area (Å²) in [6, 6.07) is -2.45. The van der Waals surface area contributed by atoms with Gasteiger partial charge in [-0.1, -0.05) is 17.7 Å². The third kappa shape index (κ3) is 4.03. The molecule has 3 aromatic rings. The van der Waals surface area contributed by atoms with Crippen LogP contribution in [0.2, 0.25) is 5.75 Å². The molecule has 8 heteroatoms. The predicted octanol–water partition coefficient (Wildman–Crippen LogP) is 4.43. The number of fused-ring (bicyclic) bond motifs is 1. The van der Waals surface area contributed by atoms with Gasteiger partial charge in [-0.05, 0) is 36.5 Å². The van der Waals surface area contributed by atoms with E-state index in [0.29, 0.717) is 23.5 Å². The lowest BCUT2D eigenvalue weighted by Gasteiger charge is -2.32. The summed E-state index contributed by atoms with van der Waals surface area (Å²) in [6.45, 7) is -9.96. The second-order valence-corrected chi connectivity index (χ2v) is 6.63. The van der Waals surface area contributed by atoms with E-state index in [4.69, 9.17) is 30.8 Å². The summed E-state index contributed by atoms with van der Waals surface area (Å²) in [4.78, 5) is 7.07. The smallest absolute Gasteiger partial charge is 0.162 e. The lowest BCUT2D eigenvalue weighted by Crippen LogP contribution is -2.38. The van der Waals surface area contributed by atoms with Gasteiger partial charge in [0.1, 0.15) is 30.2 Å². The number of anilines is 1. The first-order chi connectivity index (χ1) is 18.6. The molecule has 5 nitrogen and oxygen atoms in total. The molecule has 1 atom stereocenters. The maximum Gasteiger partial charge on any atom is 0.162 e. The Morgan fingerprint density at radius 1 is 1.59 bits per heavy atom. The van der Waals surface area contributed by atoms with Gasteiger partial charge in [-0.2, -0.15) is 5.26 Å². The number of likely N-dealkylation sites (tertiary alicyclic amines) is 1. The first-order valence-corrected chi connectivity index (χ1v) is 8.44. The number of nitrogens with one attached hydrogen (secondary N) is 1.